The van der Waals surface area contributed by atoms with E-state index in [0.29, 0.717) is 6.61 Å². The van der Waals surface area contributed by atoms with Gasteiger partial charge in [0, 0.05) is 13.1 Å². The predicted octanol–water partition coefficient (Wildman–Crippen LogP) is 2.94. The highest BCUT2D eigenvalue weighted by Crippen LogP contribution is 2.15. The lowest BCUT2D eigenvalue weighted by Gasteiger charge is -2.15. The van der Waals surface area contributed by atoms with Gasteiger partial charge in [0.1, 0.15) is 11.6 Å². The van der Waals surface area contributed by atoms with Crippen LogP contribution in [0.5, 0.6) is 5.75 Å². The Hall–Kier alpha value is -1.09. The molecule has 94 valence electrons. The fourth-order valence-electron chi connectivity index (χ4n) is 2.24. The van der Waals surface area contributed by atoms with E-state index in [1.807, 2.05) is 0 Å². The SMILES string of the molecule is CC1CCN(CCCOc2ccc(F)cc2)C1. The molecule has 1 aromatic rings. The third-order valence-corrected chi connectivity index (χ3v) is 3.21. The van der Waals surface area contributed by atoms with E-state index in [2.05, 4.69) is 11.8 Å². The minimum atomic E-state index is -0.219. The molecular weight excluding hydrogens is 217 g/mol. The summed E-state index contributed by atoms with van der Waals surface area (Å²) in [6, 6.07) is 6.20. The van der Waals surface area contributed by atoms with Gasteiger partial charge in [-0.25, -0.2) is 4.39 Å². The Morgan fingerprint density at radius 2 is 2.12 bits per heavy atom. The van der Waals surface area contributed by atoms with Crippen LogP contribution < -0.4 is 4.74 Å². The number of ether oxygens (including phenoxy) is 1. The molecule has 0 saturated carbocycles. The Labute approximate surface area is 102 Å². The third-order valence-electron chi connectivity index (χ3n) is 3.21. The second kappa shape index (κ2) is 6.01. The van der Waals surface area contributed by atoms with E-state index in [1.54, 1.807) is 12.1 Å². The van der Waals surface area contributed by atoms with Crippen LogP contribution in [0.25, 0.3) is 0 Å². The number of benzene rings is 1. The molecule has 2 nitrogen and oxygen atoms in total. The number of hydrogen-bond donors (Lipinski definition) is 0. The van der Waals surface area contributed by atoms with E-state index >= 15 is 0 Å². The van der Waals surface area contributed by atoms with Crippen LogP contribution in [-0.4, -0.2) is 31.1 Å². The molecule has 0 radical (unpaired) electrons. The van der Waals surface area contributed by atoms with Crippen LogP contribution in [0.3, 0.4) is 0 Å². The molecule has 3 heteroatoms. The minimum absolute atomic E-state index is 0.219. The first-order valence-electron chi connectivity index (χ1n) is 6.35. The fourth-order valence-corrected chi connectivity index (χ4v) is 2.24. The van der Waals surface area contributed by atoms with Crippen LogP contribution in [0.4, 0.5) is 4.39 Å². The lowest BCUT2D eigenvalue weighted by Crippen LogP contribution is -2.22. The zero-order chi connectivity index (χ0) is 12.1. The van der Waals surface area contributed by atoms with Gasteiger partial charge < -0.3 is 9.64 Å². The molecule has 0 aromatic heterocycles. The Bertz CT molecular complexity index is 339. The first-order valence-corrected chi connectivity index (χ1v) is 6.35. The molecule has 1 atom stereocenters. The average molecular weight is 237 g/mol. The molecule has 1 aliphatic rings. The van der Waals surface area contributed by atoms with E-state index in [9.17, 15) is 4.39 Å². The zero-order valence-electron chi connectivity index (χ0n) is 10.4. The summed E-state index contributed by atoms with van der Waals surface area (Å²) in [6.45, 7) is 6.55. The normalized spacial score (nSPS) is 20.7. The maximum atomic E-state index is 12.7. The molecule has 2 rings (SSSR count). The van der Waals surface area contributed by atoms with Gasteiger partial charge in [-0.2, -0.15) is 0 Å². The van der Waals surface area contributed by atoms with E-state index in [1.165, 1.54) is 31.6 Å². The highest BCUT2D eigenvalue weighted by atomic mass is 19.1. The van der Waals surface area contributed by atoms with Gasteiger partial charge in [0.15, 0.2) is 0 Å². The molecule has 0 amide bonds. The largest absolute Gasteiger partial charge is 0.494 e. The van der Waals surface area contributed by atoms with Gasteiger partial charge in [0.2, 0.25) is 0 Å². The lowest BCUT2D eigenvalue weighted by molar-refractivity contribution is 0.259. The highest BCUT2D eigenvalue weighted by molar-refractivity contribution is 5.21. The van der Waals surface area contributed by atoms with Crippen molar-refractivity contribution in [3.8, 4) is 5.75 Å². The molecule has 1 fully saturated rings. The van der Waals surface area contributed by atoms with Gasteiger partial charge in [-0.05, 0) is 49.6 Å². The first-order chi connectivity index (χ1) is 8.24. The van der Waals surface area contributed by atoms with E-state index < -0.39 is 0 Å². The van der Waals surface area contributed by atoms with Gasteiger partial charge in [0.25, 0.3) is 0 Å². The molecule has 1 aromatic carbocycles. The molecular formula is C14H20FNO. The Kier molecular flexibility index (Phi) is 4.37. The van der Waals surface area contributed by atoms with Crippen LogP contribution >= 0.6 is 0 Å². The summed E-state index contributed by atoms with van der Waals surface area (Å²) >= 11 is 0. The van der Waals surface area contributed by atoms with Crippen LogP contribution in [-0.2, 0) is 0 Å². The predicted molar refractivity (Wildman–Crippen MR) is 66.7 cm³/mol. The van der Waals surface area contributed by atoms with Crippen molar-refractivity contribution in [2.45, 2.75) is 19.8 Å². The maximum Gasteiger partial charge on any atom is 0.123 e. The van der Waals surface area contributed by atoms with Crippen molar-refractivity contribution < 1.29 is 9.13 Å². The molecule has 0 N–H and O–H groups in total. The average Bonchev–Trinajstić information content (AvgIpc) is 2.73. The summed E-state index contributed by atoms with van der Waals surface area (Å²) in [7, 11) is 0. The van der Waals surface area contributed by atoms with Crippen molar-refractivity contribution in [1.29, 1.82) is 0 Å². The second-order valence-electron chi connectivity index (χ2n) is 4.85. The van der Waals surface area contributed by atoms with Gasteiger partial charge in [-0.1, -0.05) is 6.92 Å². The van der Waals surface area contributed by atoms with Crippen molar-refractivity contribution in [1.82, 2.24) is 4.90 Å². The summed E-state index contributed by atoms with van der Waals surface area (Å²) in [5.74, 6) is 1.37. The highest BCUT2D eigenvalue weighted by Gasteiger charge is 2.17. The summed E-state index contributed by atoms with van der Waals surface area (Å²) in [5, 5.41) is 0. The number of hydrogen-bond acceptors (Lipinski definition) is 2. The quantitative estimate of drug-likeness (QED) is 0.730. The van der Waals surface area contributed by atoms with Crippen LogP contribution in [0.15, 0.2) is 24.3 Å². The minimum Gasteiger partial charge on any atom is -0.494 e. The van der Waals surface area contributed by atoms with Gasteiger partial charge >= 0.3 is 0 Å². The van der Waals surface area contributed by atoms with Crippen molar-refractivity contribution in [3.63, 3.8) is 0 Å². The number of nitrogens with zero attached hydrogens (tertiary/aromatic N) is 1. The van der Waals surface area contributed by atoms with Crippen molar-refractivity contribution >= 4 is 0 Å². The van der Waals surface area contributed by atoms with E-state index in [0.717, 1.165) is 24.6 Å². The number of likely N-dealkylation sites (tertiary alicyclic amines) is 1. The Balaban J connectivity index is 1.61. The van der Waals surface area contributed by atoms with E-state index in [4.69, 9.17) is 4.74 Å². The van der Waals surface area contributed by atoms with Crippen LogP contribution in [0.1, 0.15) is 19.8 Å². The monoisotopic (exact) mass is 237 g/mol. The van der Waals surface area contributed by atoms with E-state index in [-0.39, 0.29) is 5.82 Å². The molecule has 0 bridgehead atoms. The second-order valence-corrected chi connectivity index (χ2v) is 4.85. The standard InChI is InChI=1S/C14H20FNO/c1-12-7-9-16(11-12)8-2-10-17-14-5-3-13(15)4-6-14/h3-6,12H,2,7-11H2,1H3. The summed E-state index contributed by atoms with van der Waals surface area (Å²) < 4.78 is 18.2. The molecule has 1 unspecified atom stereocenters. The van der Waals surface area contributed by atoms with Crippen LogP contribution in [0, 0.1) is 11.7 Å². The lowest BCUT2D eigenvalue weighted by atomic mass is 10.2. The fraction of sp³-hybridized carbons (Fsp3) is 0.571. The van der Waals surface area contributed by atoms with Gasteiger partial charge in [0.05, 0.1) is 6.61 Å². The molecule has 0 spiro atoms. The molecule has 17 heavy (non-hydrogen) atoms. The maximum absolute atomic E-state index is 12.7. The number of halogens is 1. The van der Waals surface area contributed by atoms with Gasteiger partial charge in [-0.3, -0.25) is 0 Å². The Morgan fingerprint density at radius 1 is 1.35 bits per heavy atom. The number of rotatable bonds is 5. The Morgan fingerprint density at radius 3 is 2.76 bits per heavy atom. The summed E-state index contributed by atoms with van der Waals surface area (Å²) in [6.07, 6.45) is 2.35. The zero-order valence-corrected chi connectivity index (χ0v) is 10.4. The molecule has 1 heterocycles. The first kappa shape index (κ1) is 12.4. The smallest absolute Gasteiger partial charge is 0.123 e. The van der Waals surface area contributed by atoms with Gasteiger partial charge in [-0.15, -0.1) is 0 Å². The summed E-state index contributed by atoms with van der Waals surface area (Å²) in [5.41, 5.74) is 0. The molecule has 1 saturated heterocycles. The van der Waals surface area contributed by atoms with Crippen LogP contribution in [0.2, 0.25) is 0 Å². The van der Waals surface area contributed by atoms with Crippen molar-refractivity contribution in [2.75, 3.05) is 26.2 Å². The summed E-state index contributed by atoms with van der Waals surface area (Å²) in [4.78, 5) is 2.48. The van der Waals surface area contributed by atoms with Crippen molar-refractivity contribution in [2.24, 2.45) is 5.92 Å². The van der Waals surface area contributed by atoms with Crippen molar-refractivity contribution in [3.05, 3.63) is 30.1 Å². The third kappa shape index (κ3) is 4.00. The molecule has 1 aliphatic heterocycles. The molecule has 0 aliphatic carbocycles. The topological polar surface area (TPSA) is 12.5 Å².